The predicted molar refractivity (Wildman–Crippen MR) is 79.5 cm³/mol. The van der Waals surface area contributed by atoms with Crippen molar-refractivity contribution in [2.24, 2.45) is 0 Å². The molecule has 0 bridgehead atoms. The Morgan fingerprint density at radius 2 is 2.10 bits per heavy atom. The maximum Gasteiger partial charge on any atom is 0.276 e. The molecule has 0 radical (unpaired) electrons. The van der Waals surface area contributed by atoms with E-state index in [0.29, 0.717) is 25.5 Å². The lowest BCUT2D eigenvalue weighted by Gasteiger charge is -2.22. The van der Waals surface area contributed by atoms with Gasteiger partial charge in [-0.3, -0.25) is 0 Å². The Kier molecular flexibility index (Phi) is 5.80. The Morgan fingerprint density at radius 3 is 2.76 bits per heavy atom. The average molecular weight is 316 g/mol. The van der Waals surface area contributed by atoms with Gasteiger partial charge in [0.1, 0.15) is 5.76 Å². The monoisotopic (exact) mass is 316 g/mol. The Labute approximate surface area is 126 Å². The van der Waals surface area contributed by atoms with E-state index in [1.54, 1.807) is 20.2 Å². The van der Waals surface area contributed by atoms with Crippen LogP contribution < -0.4 is 5.32 Å². The van der Waals surface area contributed by atoms with Gasteiger partial charge in [-0.2, -0.15) is 4.31 Å². The molecule has 21 heavy (non-hydrogen) atoms. The molecule has 1 aliphatic rings. The SMILES string of the molecule is COCCNCc1ccc(S(=O)(=O)N(C)C2CCCC2)o1. The van der Waals surface area contributed by atoms with Crippen LogP contribution in [0.2, 0.25) is 0 Å². The van der Waals surface area contributed by atoms with Crippen LogP contribution in [0, 0.1) is 0 Å². The number of hydrogen-bond donors (Lipinski definition) is 1. The first-order chi connectivity index (χ1) is 10.1. The molecule has 0 spiro atoms. The van der Waals surface area contributed by atoms with Gasteiger partial charge in [-0.1, -0.05) is 12.8 Å². The van der Waals surface area contributed by atoms with E-state index in [-0.39, 0.29) is 11.1 Å². The maximum atomic E-state index is 12.5. The van der Waals surface area contributed by atoms with Crippen molar-refractivity contribution in [3.8, 4) is 0 Å². The van der Waals surface area contributed by atoms with Gasteiger partial charge < -0.3 is 14.5 Å². The highest BCUT2D eigenvalue weighted by atomic mass is 32.2. The van der Waals surface area contributed by atoms with Gasteiger partial charge in [0.15, 0.2) is 0 Å². The van der Waals surface area contributed by atoms with Crippen molar-refractivity contribution >= 4 is 10.0 Å². The number of furan rings is 1. The molecule has 0 amide bonds. The summed E-state index contributed by atoms with van der Waals surface area (Å²) in [5, 5.41) is 3.15. The zero-order chi connectivity index (χ0) is 15.3. The fourth-order valence-electron chi connectivity index (χ4n) is 2.58. The Bertz CT molecular complexity index is 535. The van der Waals surface area contributed by atoms with Crippen LogP contribution >= 0.6 is 0 Å². The van der Waals surface area contributed by atoms with E-state index in [4.69, 9.17) is 9.15 Å². The summed E-state index contributed by atoms with van der Waals surface area (Å²) in [6.45, 7) is 1.80. The summed E-state index contributed by atoms with van der Waals surface area (Å²) in [7, 11) is -0.242. The molecular formula is C14H24N2O4S. The Hall–Kier alpha value is -0.890. The molecule has 1 aromatic rings. The molecule has 0 atom stereocenters. The molecule has 1 saturated carbocycles. The average Bonchev–Trinajstić information content (AvgIpc) is 3.14. The third-order valence-corrected chi connectivity index (χ3v) is 5.68. The van der Waals surface area contributed by atoms with E-state index >= 15 is 0 Å². The zero-order valence-electron chi connectivity index (χ0n) is 12.7. The molecule has 2 rings (SSSR count). The first kappa shape index (κ1) is 16.5. The van der Waals surface area contributed by atoms with Crippen molar-refractivity contribution in [3.63, 3.8) is 0 Å². The zero-order valence-corrected chi connectivity index (χ0v) is 13.5. The van der Waals surface area contributed by atoms with Gasteiger partial charge in [0.05, 0.1) is 13.2 Å². The number of hydrogen-bond acceptors (Lipinski definition) is 5. The van der Waals surface area contributed by atoms with Crippen molar-refractivity contribution in [3.05, 3.63) is 17.9 Å². The highest BCUT2D eigenvalue weighted by Gasteiger charge is 2.32. The molecule has 0 unspecified atom stereocenters. The highest BCUT2D eigenvalue weighted by Crippen LogP contribution is 2.27. The molecular weight excluding hydrogens is 292 g/mol. The topological polar surface area (TPSA) is 71.8 Å². The maximum absolute atomic E-state index is 12.5. The second-order valence-corrected chi connectivity index (χ2v) is 7.28. The smallest absolute Gasteiger partial charge is 0.276 e. The number of sulfonamides is 1. The largest absolute Gasteiger partial charge is 0.447 e. The van der Waals surface area contributed by atoms with E-state index in [9.17, 15) is 8.42 Å². The second kappa shape index (κ2) is 7.40. The quantitative estimate of drug-likeness (QED) is 0.737. The van der Waals surface area contributed by atoms with E-state index < -0.39 is 10.0 Å². The minimum Gasteiger partial charge on any atom is -0.447 e. The van der Waals surface area contributed by atoms with Crippen molar-refractivity contribution in [2.75, 3.05) is 27.3 Å². The number of nitrogens with zero attached hydrogens (tertiary/aromatic N) is 1. The van der Waals surface area contributed by atoms with Crippen molar-refractivity contribution in [2.45, 2.75) is 43.4 Å². The lowest BCUT2D eigenvalue weighted by Crippen LogP contribution is -2.34. The normalized spacial score (nSPS) is 16.9. The summed E-state index contributed by atoms with van der Waals surface area (Å²) in [6.07, 6.45) is 4.05. The minimum absolute atomic E-state index is 0.0282. The van der Waals surface area contributed by atoms with E-state index in [2.05, 4.69) is 5.32 Å². The van der Waals surface area contributed by atoms with E-state index in [1.807, 2.05) is 0 Å². The first-order valence-electron chi connectivity index (χ1n) is 7.32. The fraction of sp³-hybridized carbons (Fsp3) is 0.714. The molecule has 1 aromatic heterocycles. The molecule has 7 heteroatoms. The van der Waals surface area contributed by atoms with Crippen LogP contribution in [0.4, 0.5) is 0 Å². The lowest BCUT2D eigenvalue weighted by atomic mass is 10.3. The second-order valence-electron chi connectivity index (χ2n) is 5.35. The van der Waals surface area contributed by atoms with Gasteiger partial charge >= 0.3 is 0 Å². The minimum atomic E-state index is -3.52. The van der Waals surface area contributed by atoms with Crippen LogP contribution in [0.1, 0.15) is 31.4 Å². The third-order valence-electron chi connectivity index (χ3n) is 3.89. The lowest BCUT2D eigenvalue weighted by molar-refractivity contribution is 0.198. The van der Waals surface area contributed by atoms with Crippen molar-refractivity contribution < 1.29 is 17.6 Å². The standard InChI is InChI=1S/C14H24N2O4S/c1-16(12-5-3-4-6-12)21(17,18)14-8-7-13(20-14)11-15-9-10-19-2/h7-8,12,15H,3-6,9-11H2,1-2H3. The number of rotatable bonds is 8. The summed E-state index contributed by atoms with van der Waals surface area (Å²) in [4.78, 5) is 0. The van der Waals surface area contributed by atoms with Crippen LogP contribution in [0.3, 0.4) is 0 Å². The van der Waals surface area contributed by atoms with Crippen LogP contribution in [0.5, 0.6) is 0 Å². The summed E-state index contributed by atoms with van der Waals surface area (Å²) in [6, 6.07) is 3.34. The molecule has 1 N–H and O–H groups in total. The van der Waals surface area contributed by atoms with Gasteiger partial charge in [-0.25, -0.2) is 8.42 Å². The van der Waals surface area contributed by atoms with Gasteiger partial charge in [0.25, 0.3) is 10.0 Å². The van der Waals surface area contributed by atoms with Gasteiger partial charge in [-0.05, 0) is 25.0 Å². The molecule has 0 saturated heterocycles. The van der Waals surface area contributed by atoms with Crippen LogP contribution in [0.25, 0.3) is 0 Å². The molecule has 0 aliphatic heterocycles. The first-order valence-corrected chi connectivity index (χ1v) is 8.76. The molecule has 120 valence electrons. The fourth-order valence-corrected chi connectivity index (χ4v) is 3.92. The third kappa shape index (κ3) is 4.06. The Balaban J connectivity index is 1.98. The van der Waals surface area contributed by atoms with Gasteiger partial charge in [0.2, 0.25) is 5.09 Å². The number of ether oxygens (including phenoxy) is 1. The number of methoxy groups -OCH3 is 1. The van der Waals surface area contributed by atoms with Crippen LogP contribution in [-0.4, -0.2) is 46.1 Å². The molecule has 0 aromatic carbocycles. The van der Waals surface area contributed by atoms with Crippen LogP contribution in [-0.2, 0) is 21.3 Å². The highest BCUT2D eigenvalue weighted by molar-refractivity contribution is 7.89. The number of nitrogens with one attached hydrogen (secondary N) is 1. The van der Waals surface area contributed by atoms with E-state index in [1.165, 1.54) is 10.4 Å². The summed E-state index contributed by atoms with van der Waals surface area (Å²) in [5.74, 6) is 0.615. The van der Waals surface area contributed by atoms with Gasteiger partial charge in [0, 0.05) is 26.7 Å². The summed E-state index contributed by atoms with van der Waals surface area (Å²) < 4.78 is 36.9. The van der Waals surface area contributed by atoms with Crippen molar-refractivity contribution in [1.82, 2.24) is 9.62 Å². The van der Waals surface area contributed by atoms with Crippen molar-refractivity contribution in [1.29, 1.82) is 0 Å². The molecule has 1 heterocycles. The Morgan fingerprint density at radius 1 is 1.38 bits per heavy atom. The van der Waals surface area contributed by atoms with E-state index in [0.717, 1.165) is 25.7 Å². The summed E-state index contributed by atoms with van der Waals surface area (Å²) in [5.41, 5.74) is 0. The molecule has 1 fully saturated rings. The van der Waals surface area contributed by atoms with Gasteiger partial charge in [-0.15, -0.1) is 0 Å². The predicted octanol–water partition coefficient (Wildman–Crippen LogP) is 1.58. The molecule has 1 aliphatic carbocycles. The summed E-state index contributed by atoms with van der Waals surface area (Å²) >= 11 is 0. The molecule has 6 nitrogen and oxygen atoms in total. The van der Waals surface area contributed by atoms with Crippen LogP contribution in [0.15, 0.2) is 21.6 Å².